The molecule has 3 heteroatoms. The van der Waals surface area contributed by atoms with Gasteiger partial charge in [0, 0.05) is 18.7 Å². The number of carbonyl (C=O) groups excluding carboxylic acids is 1. The highest BCUT2D eigenvalue weighted by atomic mass is 16.2. The summed E-state index contributed by atoms with van der Waals surface area (Å²) < 4.78 is 0. The van der Waals surface area contributed by atoms with Gasteiger partial charge < -0.3 is 4.90 Å². The van der Waals surface area contributed by atoms with Gasteiger partial charge in [-0.25, -0.2) is 4.85 Å². The quantitative estimate of drug-likeness (QED) is 0.706. The monoisotopic (exact) mass is 272 g/mol. The Morgan fingerprint density at radius 3 is 2.60 bits per heavy atom. The molecule has 0 bridgehead atoms. The Kier molecular flexibility index (Phi) is 5.76. The number of unbranched alkanes of at least 4 members (excludes halogenated alkanes) is 1. The number of rotatable bonds is 5. The number of anilines is 1. The normalized spacial score (nSPS) is 10.9. The van der Waals surface area contributed by atoms with Gasteiger partial charge in [0.15, 0.2) is 5.69 Å². The molecule has 0 N–H and O–H groups in total. The van der Waals surface area contributed by atoms with E-state index in [9.17, 15) is 4.79 Å². The summed E-state index contributed by atoms with van der Waals surface area (Å²) >= 11 is 0. The van der Waals surface area contributed by atoms with Crippen molar-refractivity contribution in [1.82, 2.24) is 0 Å². The van der Waals surface area contributed by atoms with E-state index in [4.69, 9.17) is 6.57 Å². The Balaban J connectivity index is 2.99. The molecule has 0 aromatic heterocycles. The molecule has 3 nitrogen and oxygen atoms in total. The van der Waals surface area contributed by atoms with Crippen LogP contribution in [0.3, 0.4) is 0 Å². The third kappa shape index (κ3) is 5.05. The average molecular weight is 272 g/mol. The minimum Gasteiger partial charge on any atom is -0.314 e. The summed E-state index contributed by atoms with van der Waals surface area (Å²) in [6.07, 6.45) is 2.53. The number of hydrogen-bond donors (Lipinski definition) is 0. The molecule has 1 aromatic rings. The maximum atomic E-state index is 12.5. The van der Waals surface area contributed by atoms with E-state index in [0.29, 0.717) is 18.7 Å². The first-order valence-electron chi connectivity index (χ1n) is 7.15. The highest BCUT2D eigenvalue weighted by Crippen LogP contribution is 2.26. The van der Waals surface area contributed by atoms with E-state index in [2.05, 4.69) is 32.5 Å². The average Bonchev–Trinajstić information content (AvgIpc) is 2.37. The Labute approximate surface area is 122 Å². The summed E-state index contributed by atoms with van der Waals surface area (Å²) in [5, 5.41) is 0. The van der Waals surface area contributed by atoms with Gasteiger partial charge in [0.05, 0.1) is 6.57 Å². The number of amides is 1. The molecule has 0 unspecified atom stereocenters. The summed E-state index contributed by atoms with van der Waals surface area (Å²) in [6, 6.07) is 7.31. The molecule has 0 aliphatic heterocycles. The first-order chi connectivity index (χ1) is 9.37. The molecule has 20 heavy (non-hydrogen) atoms. The van der Waals surface area contributed by atoms with Crippen LogP contribution in [0.5, 0.6) is 0 Å². The molecule has 0 fully saturated rings. The van der Waals surface area contributed by atoms with Crippen molar-refractivity contribution < 1.29 is 4.79 Å². The molecule has 0 spiro atoms. The Hall–Kier alpha value is -1.82. The van der Waals surface area contributed by atoms with Crippen molar-refractivity contribution in [1.29, 1.82) is 0 Å². The van der Waals surface area contributed by atoms with E-state index >= 15 is 0 Å². The van der Waals surface area contributed by atoms with Gasteiger partial charge >= 0.3 is 0 Å². The molecule has 0 aliphatic carbocycles. The lowest BCUT2D eigenvalue weighted by Crippen LogP contribution is -2.34. The zero-order valence-corrected chi connectivity index (χ0v) is 12.9. The van der Waals surface area contributed by atoms with Crippen LogP contribution in [0.4, 0.5) is 11.4 Å². The van der Waals surface area contributed by atoms with E-state index in [1.165, 1.54) is 0 Å². The lowest BCUT2D eigenvalue weighted by molar-refractivity contribution is -0.120. The predicted molar refractivity (Wildman–Crippen MR) is 84.0 cm³/mol. The van der Waals surface area contributed by atoms with Crippen molar-refractivity contribution in [3.05, 3.63) is 35.7 Å². The molecular weight excluding hydrogens is 248 g/mol. The topological polar surface area (TPSA) is 24.7 Å². The van der Waals surface area contributed by atoms with E-state index < -0.39 is 0 Å². The van der Waals surface area contributed by atoms with Gasteiger partial charge in [-0.15, -0.1) is 0 Å². The molecular formula is C17H24N2O. The largest absolute Gasteiger partial charge is 0.314 e. The molecule has 0 saturated heterocycles. The minimum absolute atomic E-state index is 0.0288. The third-order valence-electron chi connectivity index (χ3n) is 2.99. The second kappa shape index (κ2) is 7.09. The summed E-state index contributed by atoms with van der Waals surface area (Å²) in [7, 11) is 0. The Bertz CT molecular complexity index is 494. The zero-order chi connectivity index (χ0) is 15.2. The molecule has 0 aliphatic rings. The van der Waals surface area contributed by atoms with Crippen LogP contribution in [0.15, 0.2) is 24.3 Å². The standard InChI is InChI=1S/C17H24N2O/c1-6-7-11-19(16(20)13-17(2,3)4)15-10-8-9-14(12-15)18-5/h8-10,12H,6-7,11,13H2,1-4H3. The summed E-state index contributed by atoms with van der Waals surface area (Å²) in [6.45, 7) is 16.1. The first-order valence-corrected chi connectivity index (χ1v) is 7.15. The van der Waals surface area contributed by atoms with Gasteiger partial charge in [0.1, 0.15) is 0 Å². The third-order valence-corrected chi connectivity index (χ3v) is 2.99. The number of hydrogen-bond acceptors (Lipinski definition) is 1. The fourth-order valence-electron chi connectivity index (χ4n) is 1.99. The van der Waals surface area contributed by atoms with E-state index in [1.54, 1.807) is 12.1 Å². The molecule has 1 aromatic carbocycles. The van der Waals surface area contributed by atoms with Crippen molar-refractivity contribution in [2.75, 3.05) is 11.4 Å². The van der Waals surface area contributed by atoms with Crippen molar-refractivity contribution in [2.24, 2.45) is 5.41 Å². The van der Waals surface area contributed by atoms with E-state index in [-0.39, 0.29) is 11.3 Å². The second-order valence-corrected chi connectivity index (χ2v) is 6.27. The Morgan fingerprint density at radius 2 is 2.05 bits per heavy atom. The van der Waals surface area contributed by atoms with Crippen molar-refractivity contribution in [3.63, 3.8) is 0 Å². The van der Waals surface area contributed by atoms with E-state index in [0.717, 1.165) is 18.5 Å². The van der Waals surface area contributed by atoms with Crippen LogP contribution < -0.4 is 4.90 Å². The highest BCUT2D eigenvalue weighted by Gasteiger charge is 2.22. The van der Waals surface area contributed by atoms with Crippen molar-refractivity contribution in [3.8, 4) is 0 Å². The van der Waals surface area contributed by atoms with E-state index in [1.807, 2.05) is 17.0 Å². The van der Waals surface area contributed by atoms with Crippen LogP contribution in [0.1, 0.15) is 47.0 Å². The first kappa shape index (κ1) is 16.2. The van der Waals surface area contributed by atoms with Gasteiger partial charge in [-0.3, -0.25) is 4.79 Å². The molecule has 1 amide bonds. The van der Waals surface area contributed by atoms with Crippen LogP contribution in [-0.4, -0.2) is 12.5 Å². The zero-order valence-electron chi connectivity index (χ0n) is 12.9. The molecule has 108 valence electrons. The maximum absolute atomic E-state index is 12.5. The van der Waals surface area contributed by atoms with Crippen LogP contribution in [0.2, 0.25) is 0 Å². The van der Waals surface area contributed by atoms with Gasteiger partial charge in [0.2, 0.25) is 5.91 Å². The lowest BCUT2D eigenvalue weighted by Gasteiger charge is -2.27. The van der Waals surface area contributed by atoms with Crippen molar-refractivity contribution in [2.45, 2.75) is 47.0 Å². The second-order valence-electron chi connectivity index (χ2n) is 6.27. The molecule has 0 heterocycles. The summed E-state index contributed by atoms with van der Waals surface area (Å²) in [5.41, 5.74) is 1.38. The maximum Gasteiger partial charge on any atom is 0.227 e. The van der Waals surface area contributed by atoms with Crippen LogP contribution in [0.25, 0.3) is 4.85 Å². The van der Waals surface area contributed by atoms with Crippen LogP contribution in [-0.2, 0) is 4.79 Å². The predicted octanol–water partition coefficient (Wildman–Crippen LogP) is 4.81. The fourth-order valence-corrected chi connectivity index (χ4v) is 1.99. The molecule has 1 rings (SSSR count). The molecule has 0 radical (unpaired) electrons. The van der Waals surface area contributed by atoms with Gasteiger partial charge in [-0.2, -0.15) is 0 Å². The number of carbonyl (C=O) groups is 1. The SMILES string of the molecule is [C-]#[N+]c1cccc(N(CCCC)C(=O)CC(C)(C)C)c1. The van der Waals surface area contributed by atoms with Crippen LogP contribution in [0, 0.1) is 12.0 Å². The van der Waals surface area contributed by atoms with Crippen LogP contribution >= 0.6 is 0 Å². The number of benzene rings is 1. The molecule has 0 saturated carbocycles. The Morgan fingerprint density at radius 1 is 1.35 bits per heavy atom. The van der Waals surface area contributed by atoms with Gasteiger partial charge in [0.25, 0.3) is 0 Å². The summed E-state index contributed by atoms with van der Waals surface area (Å²) in [5.74, 6) is 0.132. The minimum atomic E-state index is -0.0288. The summed E-state index contributed by atoms with van der Waals surface area (Å²) in [4.78, 5) is 17.8. The number of nitrogens with zero attached hydrogens (tertiary/aromatic N) is 2. The smallest absolute Gasteiger partial charge is 0.227 e. The molecule has 0 atom stereocenters. The highest BCUT2D eigenvalue weighted by molar-refractivity contribution is 5.94. The van der Waals surface area contributed by atoms with Crippen molar-refractivity contribution >= 4 is 17.3 Å². The fraction of sp³-hybridized carbons (Fsp3) is 0.529. The van der Waals surface area contributed by atoms with Gasteiger partial charge in [-0.05, 0) is 24.0 Å². The lowest BCUT2D eigenvalue weighted by atomic mass is 9.91. The van der Waals surface area contributed by atoms with Gasteiger partial charge in [-0.1, -0.05) is 46.2 Å².